The molecule has 0 aliphatic rings. The number of methoxy groups -OCH3 is 1. The van der Waals surface area contributed by atoms with Gasteiger partial charge in [-0.2, -0.15) is 0 Å². The van der Waals surface area contributed by atoms with Crippen molar-refractivity contribution in [2.45, 2.75) is 19.4 Å². The van der Waals surface area contributed by atoms with Crippen molar-refractivity contribution in [1.82, 2.24) is 0 Å². The van der Waals surface area contributed by atoms with Crippen molar-refractivity contribution >= 4 is 44.6 Å². The van der Waals surface area contributed by atoms with Gasteiger partial charge in [0.05, 0.1) is 29.7 Å². The van der Waals surface area contributed by atoms with E-state index in [9.17, 15) is 23.3 Å². The maximum absolute atomic E-state index is 13.0. The van der Waals surface area contributed by atoms with Crippen LogP contribution in [-0.4, -0.2) is 38.7 Å². The Morgan fingerprint density at radius 2 is 1.90 bits per heavy atom. The van der Waals surface area contributed by atoms with Crippen LogP contribution in [0.1, 0.15) is 13.3 Å². The number of non-ortho nitro benzene ring substituents is 1. The van der Waals surface area contributed by atoms with Crippen LogP contribution in [0.4, 0.5) is 17.1 Å². The first-order valence-corrected chi connectivity index (χ1v) is 10.7. The lowest BCUT2D eigenvalue weighted by Crippen LogP contribution is -2.47. The van der Waals surface area contributed by atoms with Crippen molar-refractivity contribution in [2.24, 2.45) is 0 Å². The molecule has 2 aromatic rings. The molecule has 9 nitrogen and oxygen atoms in total. The first-order chi connectivity index (χ1) is 13.6. The van der Waals surface area contributed by atoms with E-state index in [-0.39, 0.29) is 29.2 Å². The molecule has 2 rings (SSSR count). The van der Waals surface area contributed by atoms with Crippen LogP contribution >= 0.6 is 11.6 Å². The Labute approximate surface area is 173 Å². The molecule has 0 bridgehead atoms. The highest BCUT2D eigenvalue weighted by atomic mass is 35.5. The first-order valence-electron chi connectivity index (χ1n) is 8.46. The predicted molar refractivity (Wildman–Crippen MR) is 111 cm³/mol. The minimum Gasteiger partial charge on any atom is -0.495 e. The fraction of sp³-hybridized carbons (Fsp3) is 0.278. The second-order valence-electron chi connectivity index (χ2n) is 6.09. The number of halogens is 1. The molecule has 11 heteroatoms. The number of ether oxygens (including phenoxy) is 1. The van der Waals surface area contributed by atoms with Gasteiger partial charge >= 0.3 is 0 Å². The molecule has 1 atom stereocenters. The Hall–Kier alpha value is -2.85. The van der Waals surface area contributed by atoms with Crippen molar-refractivity contribution in [3.8, 4) is 5.75 Å². The van der Waals surface area contributed by atoms with Gasteiger partial charge in [0.2, 0.25) is 15.9 Å². The molecular weight excluding hydrogens is 422 g/mol. The highest BCUT2D eigenvalue weighted by Crippen LogP contribution is 2.30. The summed E-state index contributed by atoms with van der Waals surface area (Å²) >= 11 is 5.87. The molecule has 0 heterocycles. The van der Waals surface area contributed by atoms with Crippen LogP contribution in [0.5, 0.6) is 5.75 Å². The third-order valence-electron chi connectivity index (χ3n) is 4.06. The van der Waals surface area contributed by atoms with Gasteiger partial charge in [-0.1, -0.05) is 18.5 Å². The summed E-state index contributed by atoms with van der Waals surface area (Å²) in [4.78, 5) is 23.4. The molecule has 0 radical (unpaired) electrons. The summed E-state index contributed by atoms with van der Waals surface area (Å²) in [7, 11) is -2.47. The Morgan fingerprint density at radius 3 is 2.38 bits per heavy atom. The van der Waals surface area contributed by atoms with Crippen LogP contribution in [0.2, 0.25) is 5.02 Å². The number of sulfonamides is 1. The molecule has 0 saturated heterocycles. The fourth-order valence-corrected chi connectivity index (χ4v) is 4.11. The average molecular weight is 442 g/mol. The lowest BCUT2D eigenvalue weighted by Gasteiger charge is -2.30. The number of nitrogens with zero attached hydrogens (tertiary/aromatic N) is 2. The summed E-state index contributed by atoms with van der Waals surface area (Å²) < 4.78 is 31.0. The Bertz CT molecular complexity index is 1010. The molecule has 29 heavy (non-hydrogen) atoms. The van der Waals surface area contributed by atoms with E-state index in [1.54, 1.807) is 6.92 Å². The van der Waals surface area contributed by atoms with Gasteiger partial charge in [0.25, 0.3) is 5.69 Å². The molecule has 0 aromatic heterocycles. The number of rotatable bonds is 8. The number of carbonyl (C=O) groups excluding carboxylic acids is 1. The van der Waals surface area contributed by atoms with Crippen LogP contribution in [0, 0.1) is 10.1 Å². The van der Waals surface area contributed by atoms with Gasteiger partial charge in [-0.05, 0) is 36.8 Å². The molecule has 156 valence electrons. The number of hydrogen-bond donors (Lipinski definition) is 1. The van der Waals surface area contributed by atoms with Crippen LogP contribution in [0.15, 0.2) is 42.5 Å². The lowest BCUT2D eigenvalue weighted by molar-refractivity contribution is -0.384. The average Bonchev–Trinajstić information content (AvgIpc) is 2.65. The largest absolute Gasteiger partial charge is 0.495 e. The monoisotopic (exact) mass is 441 g/mol. The maximum atomic E-state index is 13.0. The van der Waals surface area contributed by atoms with Gasteiger partial charge < -0.3 is 10.1 Å². The quantitative estimate of drug-likeness (QED) is 0.495. The first kappa shape index (κ1) is 22.4. The number of nitrogens with one attached hydrogen (secondary N) is 1. The van der Waals surface area contributed by atoms with Crippen molar-refractivity contribution in [2.75, 3.05) is 23.0 Å². The highest BCUT2D eigenvalue weighted by Gasteiger charge is 2.32. The molecule has 0 aliphatic carbocycles. The summed E-state index contributed by atoms with van der Waals surface area (Å²) in [6.45, 7) is 1.66. The molecular formula is C18H20ClN3O6S. The molecule has 2 aromatic carbocycles. The number of hydrogen-bond acceptors (Lipinski definition) is 6. The van der Waals surface area contributed by atoms with E-state index in [0.717, 1.165) is 16.6 Å². The molecule has 1 unspecified atom stereocenters. The second kappa shape index (κ2) is 9.10. The van der Waals surface area contributed by atoms with Crippen LogP contribution < -0.4 is 14.4 Å². The number of amides is 1. The van der Waals surface area contributed by atoms with Crippen molar-refractivity contribution in [3.63, 3.8) is 0 Å². The van der Waals surface area contributed by atoms with Gasteiger partial charge in [0, 0.05) is 17.2 Å². The molecule has 1 N–H and O–H groups in total. The van der Waals surface area contributed by atoms with E-state index in [1.807, 2.05) is 0 Å². The Balaban J connectivity index is 2.44. The zero-order valence-electron chi connectivity index (χ0n) is 16.0. The van der Waals surface area contributed by atoms with Crippen LogP contribution in [0.3, 0.4) is 0 Å². The molecule has 0 aliphatic heterocycles. The lowest BCUT2D eigenvalue weighted by atomic mass is 10.1. The number of benzene rings is 2. The van der Waals surface area contributed by atoms with Gasteiger partial charge in [-0.25, -0.2) is 8.42 Å². The highest BCUT2D eigenvalue weighted by molar-refractivity contribution is 7.92. The number of carbonyl (C=O) groups is 1. The van der Waals surface area contributed by atoms with Gasteiger partial charge in [0.15, 0.2) is 0 Å². The minimum absolute atomic E-state index is 0.0645. The van der Waals surface area contributed by atoms with Gasteiger partial charge in [-0.15, -0.1) is 0 Å². The van der Waals surface area contributed by atoms with E-state index in [1.165, 1.54) is 43.5 Å². The summed E-state index contributed by atoms with van der Waals surface area (Å²) in [5.41, 5.74) is 0.0893. The van der Waals surface area contributed by atoms with Crippen molar-refractivity contribution in [1.29, 1.82) is 0 Å². The van der Waals surface area contributed by atoms with E-state index >= 15 is 0 Å². The van der Waals surface area contributed by atoms with Crippen LogP contribution in [0.25, 0.3) is 0 Å². The predicted octanol–water partition coefficient (Wildman–Crippen LogP) is 3.44. The Morgan fingerprint density at radius 1 is 1.28 bits per heavy atom. The number of anilines is 2. The topological polar surface area (TPSA) is 119 Å². The molecule has 0 saturated carbocycles. The van der Waals surface area contributed by atoms with E-state index in [0.29, 0.717) is 5.02 Å². The second-order valence-corrected chi connectivity index (χ2v) is 8.39. The molecule has 0 fully saturated rings. The van der Waals surface area contributed by atoms with E-state index in [4.69, 9.17) is 16.3 Å². The van der Waals surface area contributed by atoms with E-state index in [2.05, 4.69) is 5.32 Å². The summed E-state index contributed by atoms with van der Waals surface area (Å²) in [5.74, 6) is -0.456. The Kier molecular flexibility index (Phi) is 7.04. The van der Waals surface area contributed by atoms with Crippen molar-refractivity contribution < 1.29 is 22.9 Å². The standard InChI is InChI=1S/C18H20ClN3O6S/c1-4-16(21(29(3,26)27)13-7-5-12(19)6-8-13)18(23)20-15-11-14(22(24)25)9-10-17(15)28-2/h5-11,16H,4H2,1-3H3,(H,20,23). The molecule has 1 amide bonds. The SMILES string of the molecule is CCC(C(=O)Nc1cc([N+](=O)[O-])ccc1OC)N(c1ccc(Cl)cc1)S(C)(=O)=O. The zero-order chi connectivity index (χ0) is 21.8. The van der Waals surface area contributed by atoms with Crippen molar-refractivity contribution in [3.05, 3.63) is 57.6 Å². The number of nitro benzene ring substituents is 1. The minimum atomic E-state index is -3.83. The van der Waals surface area contributed by atoms with Crippen LogP contribution in [-0.2, 0) is 14.8 Å². The third-order valence-corrected chi connectivity index (χ3v) is 5.49. The fourth-order valence-electron chi connectivity index (χ4n) is 2.77. The summed E-state index contributed by atoms with van der Waals surface area (Å²) in [6.07, 6.45) is 1.14. The molecule has 0 spiro atoms. The zero-order valence-corrected chi connectivity index (χ0v) is 17.5. The number of nitro groups is 1. The maximum Gasteiger partial charge on any atom is 0.271 e. The summed E-state index contributed by atoms with van der Waals surface area (Å²) in [5, 5.41) is 14.0. The smallest absolute Gasteiger partial charge is 0.271 e. The van der Waals surface area contributed by atoms with E-state index < -0.39 is 26.9 Å². The summed E-state index contributed by atoms with van der Waals surface area (Å²) in [6, 6.07) is 8.66. The third kappa shape index (κ3) is 5.36. The van der Waals surface area contributed by atoms with Gasteiger partial charge in [-0.3, -0.25) is 19.2 Å². The van der Waals surface area contributed by atoms with Gasteiger partial charge in [0.1, 0.15) is 11.8 Å². The normalized spacial score (nSPS) is 12.1.